The second-order valence-electron chi connectivity index (χ2n) is 5.05. The first-order valence-corrected chi connectivity index (χ1v) is 6.85. The Morgan fingerprint density at radius 3 is 2.65 bits per heavy atom. The maximum Gasteiger partial charge on any atom is 0.224 e. The first-order valence-electron chi connectivity index (χ1n) is 6.85. The van der Waals surface area contributed by atoms with Crippen molar-refractivity contribution in [3.05, 3.63) is 29.8 Å². The van der Waals surface area contributed by atoms with Crippen LogP contribution >= 0.6 is 12.4 Å². The zero-order chi connectivity index (χ0) is 13.7. The van der Waals surface area contributed by atoms with Gasteiger partial charge in [0.1, 0.15) is 5.75 Å². The average Bonchev–Trinajstić information content (AvgIpc) is 2.48. The van der Waals surface area contributed by atoms with Crippen molar-refractivity contribution in [2.75, 3.05) is 20.2 Å². The number of halogens is 1. The van der Waals surface area contributed by atoms with Crippen molar-refractivity contribution in [1.82, 2.24) is 10.6 Å². The van der Waals surface area contributed by atoms with E-state index in [0.717, 1.165) is 37.2 Å². The van der Waals surface area contributed by atoms with Crippen LogP contribution in [0.1, 0.15) is 31.4 Å². The third-order valence-corrected chi connectivity index (χ3v) is 3.64. The van der Waals surface area contributed by atoms with Crippen LogP contribution in [0.4, 0.5) is 0 Å². The van der Waals surface area contributed by atoms with Gasteiger partial charge in [-0.1, -0.05) is 12.1 Å². The largest absolute Gasteiger partial charge is 0.497 e. The second-order valence-corrected chi connectivity index (χ2v) is 5.05. The number of amides is 1. The van der Waals surface area contributed by atoms with Crippen LogP contribution in [-0.2, 0) is 4.79 Å². The van der Waals surface area contributed by atoms with Crippen molar-refractivity contribution >= 4 is 18.3 Å². The van der Waals surface area contributed by atoms with Gasteiger partial charge in [-0.3, -0.25) is 4.79 Å². The molecule has 1 aromatic rings. The van der Waals surface area contributed by atoms with Gasteiger partial charge in [0, 0.05) is 6.54 Å². The van der Waals surface area contributed by atoms with Crippen molar-refractivity contribution in [1.29, 1.82) is 0 Å². The molecule has 20 heavy (non-hydrogen) atoms. The fourth-order valence-corrected chi connectivity index (χ4v) is 2.38. The number of ether oxygens (including phenoxy) is 1. The van der Waals surface area contributed by atoms with Crippen LogP contribution in [0.15, 0.2) is 24.3 Å². The zero-order valence-corrected chi connectivity index (χ0v) is 12.8. The highest BCUT2D eigenvalue weighted by molar-refractivity contribution is 5.85. The Morgan fingerprint density at radius 1 is 1.40 bits per heavy atom. The van der Waals surface area contributed by atoms with Crippen LogP contribution in [0, 0.1) is 5.92 Å². The van der Waals surface area contributed by atoms with Crippen LogP contribution in [0.2, 0.25) is 0 Å². The van der Waals surface area contributed by atoms with E-state index in [1.165, 1.54) is 0 Å². The lowest BCUT2D eigenvalue weighted by Crippen LogP contribution is -2.41. The van der Waals surface area contributed by atoms with Gasteiger partial charge in [-0.15, -0.1) is 12.4 Å². The molecule has 112 valence electrons. The highest BCUT2D eigenvalue weighted by atomic mass is 35.5. The first-order chi connectivity index (χ1) is 9.20. The van der Waals surface area contributed by atoms with E-state index in [4.69, 9.17) is 4.74 Å². The molecule has 0 aliphatic carbocycles. The summed E-state index contributed by atoms with van der Waals surface area (Å²) in [6.45, 7) is 3.83. The molecule has 0 aromatic heterocycles. The van der Waals surface area contributed by atoms with Gasteiger partial charge in [-0.25, -0.2) is 0 Å². The summed E-state index contributed by atoms with van der Waals surface area (Å²) in [5.74, 6) is 1.09. The number of hydrogen-bond acceptors (Lipinski definition) is 3. The molecule has 1 aromatic carbocycles. The molecule has 2 rings (SSSR count). The molecule has 1 amide bonds. The Labute approximate surface area is 126 Å². The Balaban J connectivity index is 0.00000200. The highest BCUT2D eigenvalue weighted by Gasteiger charge is 2.22. The Morgan fingerprint density at radius 2 is 2.10 bits per heavy atom. The lowest BCUT2D eigenvalue weighted by Gasteiger charge is -2.24. The normalized spacial score (nSPS) is 19.6. The predicted molar refractivity (Wildman–Crippen MR) is 82.4 cm³/mol. The summed E-state index contributed by atoms with van der Waals surface area (Å²) in [6, 6.07) is 7.84. The number of carbonyl (C=O) groups excluding carboxylic acids is 1. The van der Waals surface area contributed by atoms with E-state index < -0.39 is 0 Å². The molecule has 0 saturated carbocycles. The summed E-state index contributed by atoms with van der Waals surface area (Å²) >= 11 is 0. The minimum absolute atomic E-state index is 0. The molecular weight excluding hydrogens is 276 g/mol. The molecule has 2 N–H and O–H groups in total. The van der Waals surface area contributed by atoms with Gasteiger partial charge in [-0.05, 0) is 44.0 Å². The number of rotatable bonds is 4. The molecule has 4 nitrogen and oxygen atoms in total. The van der Waals surface area contributed by atoms with Gasteiger partial charge >= 0.3 is 0 Å². The predicted octanol–water partition coefficient (Wildman–Crippen LogP) is 2.29. The minimum atomic E-state index is 0. The number of methoxy groups -OCH3 is 1. The lowest BCUT2D eigenvalue weighted by atomic mass is 9.98. The van der Waals surface area contributed by atoms with Gasteiger partial charge in [-0.2, -0.15) is 0 Å². The van der Waals surface area contributed by atoms with Crippen molar-refractivity contribution in [2.24, 2.45) is 5.92 Å². The Hall–Kier alpha value is -1.26. The van der Waals surface area contributed by atoms with E-state index in [0.29, 0.717) is 0 Å². The number of hydrogen-bond donors (Lipinski definition) is 2. The molecule has 5 heteroatoms. The fourth-order valence-electron chi connectivity index (χ4n) is 2.38. The quantitative estimate of drug-likeness (QED) is 0.897. The molecule has 1 aliphatic rings. The zero-order valence-electron chi connectivity index (χ0n) is 12.0. The molecule has 2 atom stereocenters. The standard InChI is InChI=1S/C15H22N2O2.ClH/c1-11(12-5-7-14(19-2)8-6-12)17-15(18)13-4-3-9-16-10-13;/h5-8,11,13,16H,3-4,9-10H2,1-2H3,(H,17,18);1H. The van der Waals surface area contributed by atoms with Crippen LogP contribution in [0.5, 0.6) is 5.75 Å². The summed E-state index contributed by atoms with van der Waals surface area (Å²) < 4.78 is 5.13. The minimum Gasteiger partial charge on any atom is -0.497 e. The molecule has 1 fully saturated rings. The van der Waals surface area contributed by atoms with Gasteiger partial charge in [0.15, 0.2) is 0 Å². The monoisotopic (exact) mass is 298 g/mol. The second kappa shape index (κ2) is 8.12. The van der Waals surface area contributed by atoms with Crippen LogP contribution in [-0.4, -0.2) is 26.1 Å². The third kappa shape index (κ3) is 4.39. The topological polar surface area (TPSA) is 50.4 Å². The Bertz CT molecular complexity index is 416. The van der Waals surface area contributed by atoms with Crippen molar-refractivity contribution in [2.45, 2.75) is 25.8 Å². The van der Waals surface area contributed by atoms with E-state index in [1.807, 2.05) is 31.2 Å². The number of carbonyl (C=O) groups is 1. The van der Waals surface area contributed by atoms with E-state index in [9.17, 15) is 4.79 Å². The summed E-state index contributed by atoms with van der Waals surface area (Å²) in [5.41, 5.74) is 1.10. The SMILES string of the molecule is COc1ccc(C(C)NC(=O)C2CCCNC2)cc1.Cl. The first kappa shape index (κ1) is 16.8. The summed E-state index contributed by atoms with van der Waals surface area (Å²) in [5, 5.41) is 6.35. The number of nitrogens with one attached hydrogen (secondary N) is 2. The van der Waals surface area contributed by atoms with E-state index in [2.05, 4.69) is 10.6 Å². The van der Waals surface area contributed by atoms with Gasteiger partial charge < -0.3 is 15.4 Å². The molecule has 0 bridgehead atoms. The third-order valence-electron chi connectivity index (χ3n) is 3.64. The molecule has 0 radical (unpaired) electrons. The summed E-state index contributed by atoms with van der Waals surface area (Å²) in [6.07, 6.45) is 2.06. The van der Waals surface area contributed by atoms with Crippen LogP contribution in [0.25, 0.3) is 0 Å². The molecule has 1 saturated heterocycles. The molecule has 1 aliphatic heterocycles. The molecule has 2 unspecified atom stereocenters. The van der Waals surface area contributed by atoms with Crippen LogP contribution in [0.3, 0.4) is 0 Å². The average molecular weight is 299 g/mol. The smallest absolute Gasteiger partial charge is 0.224 e. The fraction of sp³-hybridized carbons (Fsp3) is 0.533. The van der Waals surface area contributed by atoms with Gasteiger partial charge in [0.2, 0.25) is 5.91 Å². The number of piperidine rings is 1. The van der Waals surface area contributed by atoms with E-state index >= 15 is 0 Å². The van der Waals surface area contributed by atoms with E-state index in [1.54, 1.807) is 7.11 Å². The van der Waals surface area contributed by atoms with Crippen molar-refractivity contribution in [3.8, 4) is 5.75 Å². The maximum absolute atomic E-state index is 12.1. The van der Waals surface area contributed by atoms with E-state index in [-0.39, 0.29) is 30.3 Å². The summed E-state index contributed by atoms with van der Waals surface area (Å²) in [4.78, 5) is 12.1. The highest BCUT2D eigenvalue weighted by Crippen LogP contribution is 2.18. The van der Waals surface area contributed by atoms with Crippen molar-refractivity contribution < 1.29 is 9.53 Å². The Kier molecular flexibility index (Phi) is 6.82. The van der Waals surface area contributed by atoms with Gasteiger partial charge in [0.25, 0.3) is 0 Å². The number of benzene rings is 1. The molecule has 0 spiro atoms. The lowest BCUT2D eigenvalue weighted by molar-refractivity contribution is -0.126. The van der Waals surface area contributed by atoms with Crippen molar-refractivity contribution in [3.63, 3.8) is 0 Å². The molecule has 1 heterocycles. The van der Waals surface area contributed by atoms with Crippen LogP contribution < -0.4 is 15.4 Å². The van der Waals surface area contributed by atoms with Gasteiger partial charge in [0.05, 0.1) is 19.1 Å². The maximum atomic E-state index is 12.1. The molecular formula is C15H23ClN2O2. The summed E-state index contributed by atoms with van der Waals surface area (Å²) in [7, 11) is 1.65.